The lowest BCUT2D eigenvalue weighted by atomic mass is 10.0. The highest BCUT2D eigenvalue weighted by Crippen LogP contribution is 2.28. The first kappa shape index (κ1) is 20.9. The third-order valence-corrected chi connectivity index (χ3v) is 4.71. The summed E-state index contributed by atoms with van der Waals surface area (Å²) in [4.78, 5) is 34.6. The minimum Gasteiger partial charge on any atom is -0.478 e. The smallest absolute Gasteiger partial charge is 0.337 e. The van der Waals surface area contributed by atoms with Crippen molar-refractivity contribution < 1.29 is 19.6 Å². The zero-order chi connectivity index (χ0) is 21.7. The molecule has 0 atom stereocenters. The highest BCUT2D eigenvalue weighted by Gasteiger charge is 2.15. The molecular formula is C22H15BrN2O5. The Morgan fingerprint density at radius 1 is 1.00 bits per heavy atom. The van der Waals surface area contributed by atoms with Crippen molar-refractivity contribution in [2.24, 2.45) is 0 Å². The third kappa shape index (κ3) is 4.98. The zero-order valence-corrected chi connectivity index (χ0v) is 17.0. The van der Waals surface area contributed by atoms with Gasteiger partial charge in [-0.3, -0.25) is 14.9 Å². The maximum absolute atomic E-state index is 12.2. The van der Waals surface area contributed by atoms with E-state index in [9.17, 15) is 24.8 Å². The molecule has 0 aliphatic carbocycles. The Kier molecular flexibility index (Phi) is 6.38. The van der Waals surface area contributed by atoms with Gasteiger partial charge in [-0.1, -0.05) is 52.3 Å². The minimum absolute atomic E-state index is 0.0793. The first-order valence-corrected chi connectivity index (χ1v) is 9.50. The van der Waals surface area contributed by atoms with Gasteiger partial charge in [0.15, 0.2) is 0 Å². The summed E-state index contributed by atoms with van der Waals surface area (Å²) in [5.41, 5.74) is 1.67. The predicted molar refractivity (Wildman–Crippen MR) is 117 cm³/mol. The van der Waals surface area contributed by atoms with E-state index in [4.69, 9.17) is 0 Å². The lowest BCUT2D eigenvalue weighted by Crippen LogP contribution is -2.12. The second-order valence-electron chi connectivity index (χ2n) is 6.21. The van der Waals surface area contributed by atoms with Crippen LogP contribution in [0.1, 0.15) is 15.9 Å². The van der Waals surface area contributed by atoms with Gasteiger partial charge in [0.25, 0.3) is 5.69 Å². The van der Waals surface area contributed by atoms with Crippen LogP contribution in [0.25, 0.3) is 17.2 Å². The number of carboxylic acid groups (broad SMARTS) is 1. The summed E-state index contributed by atoms with van der Waals surface area (Å²) in [7, 11) is 0. The Labute approximate surface area is 180 Å². The van der Waals surface area contributed by atoms with Gasteiger partial charge in [-0.05, 0) is 41.5 Å². The number of anilines is 1. The third-order valence-electron chi connectivity index (χ3n) is 4.22. The van der Waals surface area contributed by atoms with Crippen LogP contribution in [0.3, 0.4) is 0 Å². The van der Waals surface area contributed by atoms with Crippen LogP contribution < -0.4 is 5.32 Å². The standard InChI is InChI=1S/C22H15BrN2O5/c23-17-9-10-19(18(13-17)22(27)28)24-21(26)11-8-15-6-7-16(12-20(15)25(29)30)14-4-2-1-3-5-14/h1-13H,(H,24,26)(H,27,28). The summed E-state index contributed by atoms with van der Waals surface area (Å²) in [6.45, 7) is 0. The molecule has 8 heteroatoms. The zero-order valence-electron chi connectivity index (χ0n) is 15.4. The van der Waals surface area contributed by atoms with E-state index >= 15 is 0 Å². The fourth-order valence-electron chi connectivity index (χ4n) is 2.80. The number of aromatic carboxylic acids is 1. The molecule has 7 nitrogen and oxygen atoms in total. The number of hydrogen-bond donors (Lipinski definition) is 2. The number of halogens is 1. The van der Waals surface area contributed by atoms with Gasteiger partial charge >= 0.3 is 5.97 Å². The average molecular weight is 467 g/mol. The SMILES string of the molecule is O=C(C=Cc1ccc(-c2ccccc2)cc1[N+](=O)[O-])Nc1ccc(Br)cc1C(=O)O. The molecule has 3 rings (SSSR count). The Morgan fingerprint density at radius 3 is 2.40 bits per heavy atom. The number of carboxylic acids is 1. The average Bonchev–Trinajstić information content (AvgIpc) is 2.73. The summed E-state index contributed by atoms with van der Waals surface area (Å²) in [5, 5.41) is 23.2. The van der Waals surface area contributed by atoms with E-state index in [-0.39, 0.29) is 22.5 Å². The van der Waals surface area contributed by atoms with Crippen LogP contribution in [0.4, 0.5) is 11.4 Å². The van der Waals surface area contributed by atoms with Gasteiger partial charge in [0, 0.05) is 16.6 Å². The minimum atomic E-state index is -1.19. The van der Waals surface area contributed by atoms with Gasteiger partial charge in [-0.25, -0.2) is 4.79 Å². The van der Waals surface area contributed by atoms with Crippen LogP contribution in [-0.4, -0.2) is 21.9 Å². The maximum atomic E-state index is 12.2. The van der Waals surface area contributed by atoms with Crippen molar-refractivity contribution in [3.63, 3.8) is 0 Å². The van der Waals surface area contributed by atoms with Crippen molar-refractivity contribution in [2.75, 3.05) is 5.32 Å². The van der Waals surface area contributed by atoms with Crippen LogP contribution in [0.2, 0.25) is 0 Å². The molecule has 1 amide bonds. The number of nitrogens with zero attached hydrogens (tertiary/aromatic N) is 1. The molecule has 0 aliphatic heterocycles. The quantitative estimate of drug-likeness (QED) is 0.288. The summed E-state index contributed by atoms with van der Waals surface area (Å²) in [5.74, 6) is -1.80. The molecule has 30 heavy (non-hydrogen) atoms. The number of carbonyl (C=O) groups excluding carboxylic acids is 1. The van der Waals surface area contributed by atoms with Crippen LogP contribution in [0.15, 0.2) is 77.3 Å². The highest BCUT2D eigenvalue weighted by atomic mass is 79.9. The molecule has 0 spiro atoms. The Balaban J connectivity index is 1.84. The molecule has 0 heterocycles. The van der Waals surface area contributed by atoms with Crippen molar-refractivity contribution in [3.05, 3.63) is 98.5 Å². The molecule has 2 N–H and O–H groups in total. The van der Waals surface area contributed by atoms with Gasteiger partial charge in [0.1, 0.15) is 0 Å². The fourth-order valence-corrected chi connectivity index (χ4v) is 3.16. The lowest BCUT2D eigenvalue weighted by molar-refractivity contribution is -0.385. The fraction of sp³-hybridized carbons (Fsp3) is 0. The molecule has 0 saturated heterocycles. The lowest BCUT2D eigenvalue weighted by Gasteiger charge is -2.07. The van der Waals surface area contributed by atoms with Gasteiger partial charge in [0.05, 0.1) is 21.7 Å². The van der Waals surface area contributed by atoms with E-state index in [1.165, 1.54) is 24.3 Å². The largest absolute Gasteiger partial charge is 0.478 e. The molecule has 0 bridgehead atoms. The summed E-state index contributed by atoms with van der Waals surface area (Å²) >= 11 is 3.18. The summed E-state index contributed by atoms with van der Waals surface area (Å²) in [6, 6.07) is 18.4. The predicted octanol–water partition coefficient (Wildman–Crippen LogP) is 5.37. The number of rotatable bonds is 6. The number of nitro benzene ring substituents is 1. The van der Waals surface area contributed by atoms with E-state index in [0.717, 1.165) is 11.6 Å². The van der Waals surface area contributed by atoms with Crippen molar-refractivity contribution in [2.45, 2.75) is 0 Å². The van der Waals surface area contributed by atoms with Crippen molar-refractivity contribution in [3.8, 4) is 11.1 Å². The molecule has 3 aromatic carbocycles. The molecule has 3 aromatic rings. The normalized spacial score (nSPS) is 10.7. The van der Waals surface area contributed by atoms with E-state index in [2.05, 4.69) is 21.2 Å². The monoisotopic (exact) mass is 466 g/mol. The van der Waals surface area contributed by atoms with Crippen LogP contribution in [0.5, 0.6) is 0 Å². The molecule has 0 aliphatic rings. The Hall–Kier alpha value is -3.78. The van der Waals surface area contributed by atoms with Crippen LogP contribution in [-0.2, 0) is 4.79 Å². The number of hydrogen-bond acceptors (Lipinski definition) is 4. The number of benzene rings is 3. The molecule has 0 radical (unpaired) electrons. The molecule has 0 aromatic heterocycles. The molecular weight excluding hydrogens is 452 g/mol. The maximum Gasteiger partial charge on any atom is 0.337 e. The number of carbonyl (C=O) groups is 2. The van der Waals surface area contributed by atoms with E-state index in [1.807, 2.05) is 30.3 Å². The number of amides is 1. The Bertz CT molecular complexity index is 1160. The number of nitrogens with one attached hydrogen (secondary N) is 1. The topological polar surface area (TPSA) is 110 Å². The highest BCUT2D eigenvalue weighted by molar-refractivity contribution is 9.10. The van der Waals surface area contributed by atoms with Gasteiger partial charge in [-0.15, -0.1) is 0 Å². The molecule has 150 valence electrons. The summed E-state index contributed by atoms with van der Waals surface area (Å²) in [6.07, 6.45) is 2.44. The van der Waals surface area contributed by atoms with E-state index < -0.39 is 16.8 Å². The van der Waals surface area contributed by atoms with Crippen molar-refractivity contribution >= 4 is 45.3 Å². The first-order valence-electron chi connectivity index (χ1n) is 8.71. The summed E-state index contributed by atoms with van der Waals surface area (Å²) < 4.78 is 0.558. The molecule has 0 fully saturated rings. The first-order chi connectivity index (χ1) is 14.3. The molecule has 0 unspecified atom stereocenters. The van der Waals surface area contributed by atoms with E-state index in [1.54, 1.807) is 18.2 Å². The van der Waals surface area contributed by atoms with Crippen molar-refractivity contribution in [1.82, 2.24) is 0 Å². The second-order valence-corrected chi connectivity index (χ2v) is 7.13. The van der Waals surface area contributed by atoms with E-state index in [0.29, 0.717) is 10.0 Å². The second kappa shape index (κ2) is 9.15. The van der Waals surface area contributed by atoms with Crippen LogP contribution >= 0.6 is 15.9 Å². The van der Waals surface area contributed by atoms with Gasteiger partial charge in [0.2, 0.25) is 5.91 Å². The van der Waals surface area contributed by atoms with Gasteiger partial charge < -0.3 is 10.4 Å². The number of nitro groups is 1. The van der Waals surface area contributed by atoms with Gasteiger partial charge in [-0.2, -0.15) is 0 Å². The Morgan fingerprint density at radius 2 is 1.73 bits per heavy atom. The van der Waals surface area contributed by atoms with Crippen LogP contribution in [0, 0.1) is 10.1 Å². The molecule has 0 saturated carbocycles. The van der Waals surface area contributed by atoms with Crippen molar-refractivity contribution in [1.29, 1.82) is 0 Å².